The van der Waals surface area contributed by atoms with Gasteiger partial charge in [-0.3, -0.25) is 0 Å². The Morgan fingerprint density at radius 1 is 1.35 bits per heavy atom. The zero-order valence-corrected chi connectivity index (χ0v) is 12.3. The van der Waals surface area contributed by atoms with Crippen LogP contribution in [0.5, 0.6) is 11.6 Å². The van der Waals surface area contributed by atoms with Crippen molar-refractivity contribution in [3.05, 3.63) is 51.9 Å². The van der Waals surface area contributed by atoms with Gasteiger partial charge in [0.15, 0.2) is 0 Å². The summed E-state index contributed by atoms with van der Waals surface area (Å²) < 4.78 is 18.9. The number of nitrogens with zero attached hydrogens (tertiary/aromatic N) is 1. The molecule has 2 rings (SSSR count). The van der Waals surface area contributed by atoms with Gasteiger partial charge in [0.2, 0.25) is 5.88 Å². The van der Waals surface area contributed by atoms with Gasteiger partial charge < -0.3 is 10.1 Å². The maximum Gasteiger partial charge on any atom is 0.223 e. The maximum atomic E-state index is 13.3. The molecular weight excluding hydrogens is 302 g/mol. The summed E-state index contributed by atoms with van der Waals surface area (Å²) in [5.74, 6) is 0.273. The molecule has 0 aliphatic heterocycles. The highest BCUT2D eigenvalue weighted by atomic mass is 35.5. The smallest absolute Gasteiger partial charge is 0.223 e. The fraction of sp³-hybridized carbons (Fsp3) is 0.214. The van der Waals surface area contributed by atoms with Crippen LogP contribution in [-0.2, 0) is 6.54 Å². The molecule has 0 aliphatic rings. The van der Waals surface area contributed by atoms with Crippen LogP contribution in [-0.4, -0.2) is 11.5 Å². The maximum absolute atomic E-state index is 13.3. The first kappa shape index (κ1) is 15.0. The fourth-order valence-electron chi connectivity index (χ4n) is 1.61. The van der Waals surface area contributed by atoms with E-state index in [9.17, 15) is 4.39 Å². The van der Waals surface area contributed by atoms with Crippen molar-refractivity contribution in [1.82, 2.24) is 10.3 Å². The molecule has 0 atom stereocenters. The summed E-state index contributed by atoms with van der Waals surface area (Å²) in [6.07, 6.45) is 1.10. The number of hydrogen-bond acceptors (Lipinski definition) is 3. The van der Waals surface area contributed by atoms with Gasteiger partial charge in [-0.25, -0.2) is 9.37 Å². The Balaban J connectivity index is 2.30. The van der Waals surface area contributed by atoms with Gasteiger partial charge in [0.25, 0.3) is 0 Å². The summed E-state index contributed by atoms with van der Waals surface area (Å²) in [4.78, 5) is 3.96. The topological polar surface area (TPSA) is 34.2 Å². The number of pyridine rings is 1. The standard InChI is InChI=1S/C14H13Cl2FN2O/c1-2-18-7-9-6-10(17)8-19-14(9)20-12-5-3-4-11(15)13(12)16/h3-6,8,18H,2,7H2,1H3. The van der Waals surface area contributed by atoms with Gasteiger partial charge in [0.1, 0.15) is 16.6 Å². The molecule has 0 spiro atoms. The summed E-state index contributed by atoms with van der Waals surface area (Å²) >= 11 is 12.0. The average Bonchev–Trinajstić information content (AvgIpc) is 2.44. The minimum Gasteiger partial charge on any atom is -0.437 e. The molecule has 3 nitrogen and oxygen atoms in total. The Morgan fingerprint density at radius 2 is 2.15 bits per heavy atom. The van der Waals surface area contributed by atoms with E-state index < -0.39 is 5.82 Å². The third-order valence-corrected chi connectivity index (χ3v) is 3.38. The lowest BCUT2D eigenvalue weighted by atomic mass is 10.2. The van der Waals surface area contributed by atoms with Crippen molar-refractivity contribution in [3.8, 4) is 11.6 Å². The normalized spacial score (nSPS) is 10.6. The SMILES string of the molecule is CCNCc1cc(F)cnc1Oc1cccc(Cl)c1Cl. The van der Waals surface area contributed by atoms with Crippen molar-refractivity contribution < 1.29 is 9.13 Å². The minimum absolute atomic E-state index is 0.301. The van der Waals surface area contributed by atoms with Crippen LogP contribution in [0.1, 0.15) is 12.5 Å². The minimum atomic E-state index is -0.414. The lowest BCUT2D eigenvalue weighted by Gasteiger charge is -2.12. The molecule has 0 fully saturated rings. The molecule has 0 bridgehead atoms. The molecule has 0 unspecified atom stereocenters. The van der Waals surface area contributed by atoms with Crippen LogP contribution in [0.4, 0.5) is 4.39 Å². The number of aromatic nitrogens is 1. The Labute approximate surface area is 126 Å². The highest BCUT2D eigenvalue weighted by molar-refractivity contribution is 6.42. The largest absolute Gasteiger partial charge is 0.437 e. The van der Waals surface area contributed by atoms with Gasteiger partial charge in [-0.15, -0.1) is 0 Å². The van der Waals surface area contributed by atoms with Gasteiger partial charge in [-0.2, -0.15) is 0 Å². The van der Waals surface area contributed by atoms with Crippen molar-refractivity contribution in [3.63, 3.8) is 0 Å². The summed E-state index contributed by atoms with van der Waals surface area (Å²) in [5, 5.41) is 3.79. The van der Waals surface area contributed by atoms with E-state index in [0.29, 0.717) is 33.8 Å². The van der Waals surface area contributed by atoms with Gasteiger partial charge in [0.05, 0.1) is 11.2 Å². The van der Waals surface area contributed by atoms with E-state index in [1.165, 1.54) is 6.07 Å². The third-order valence-electron chi connectivity index (χ3n) is 2.58. The zero-order chi connectivity index (χ0) is 14.5. The van der Waals surface area contributed by atoms with Crippen molar-refractivity contribution in [2.45, 2.75) is 13.5 Å². The summed E-state index contributed by atoms with van der Waals surface area (Å²) in [6, 6.07) is 6.44. The van der Waals surface area contributed by atoms with E-state index in [1.54, 1.807) is 18.2 Å². The molecule has 1 aromatic heterocycles. The molecule has 0 amide bonds. The first-order chi connectivity index (χ1) is 9.61. The van der Waals surface area contributed by atoms with Gasteiger partial charge in [-0.05, 0) is 24.7 Å². The van der Waals surface area contributed by atoms with Crippen molar-refractivity contribution >= 4 is 23.2 Å². The van der Waals surface area contributed by atoms with Crippen LogP contribution in [0.15, 0.2) is 30.5 Å². The number of rotatable bonds is 5. The molecule has 0 aliphatic carbocycles. The fourth-order valence-corrected chi connectivity index (χ4v) is 1.94. The number of ether oxygens (including phenoxy) is 1. The molecule has 20 heavy (non-hydrogen) atoms. The summed E-state index contributed by atoms with van der Waals surface area (Å²) in [6.45, 7) is 3.17. The average molecular weight is 315 g/mol. The molecule has 0 saturated carbocycles. The Hall–Kier alpha value is -1.36. The Bertz CT molecular complexity index is 608. The molecular formula is C14H13Cl2FN2O. The second-order valence-corrected chi connectivity index (χ2v) is 4.84. The first-order valence-electron chi connectivity index (χ1n) is 6.08. The van der Waals surface area contributed by atoms with Crippen LogP contribution < -0.4 is 10.1 Å². The van der Waals surface area contributed by atoms with Crippen LogP contribution in [0.3, 0.4) is 0 Å². The Kier molecular flexibility index (Phi) is 5.17. The molecule has 0 radical (unpaired) electrons. The number of hydrogen-bond donors (Lipinski definition) is 1. The van der Waals surface area contributed by atoms with Crippen LogP contribution in [0.25, 0.3) is 0 Å². The van der Waals surface area contributed by atoms with E-state index in [0.717, 1.165) is 12.7 Å². The van der Waals surface area contributed by atoms with E-state index in [-0.39, 0.29) is 0 Å². The molecule has 1 aromatic carbocycles. The van der Waals surface area contributed by atoms with E-state index in [2.05, 4.69) is 10.3 Å². The summed E-state index contributed by atoms with van der Waals surface area (Å²) in [7, 11) is 0. The van der Waals surface area contributed by atoms with Crippen LogP contribution in [0.2, 0.25) is 10.0 Å². The first-order valence-corrected chi connectivity index (χ1v) is 6.84. The molecule has 0 saturated heterocycles. The van der Waals surface area contributed by atoms with E-state index in [4.69, 9.17) is 27.9 Å². The highest BCUT2D eigenvalue weighted by Crippen LogP contribution is 2.34. The van der Waals surface area contributed by atoms with E-state index >= 15 is 0 Å². The predicted molar refractivity (Wildman–Crippen MR) is 78.1 cm³/mol. The second kappa shape index (κ2) is 6.88. The van der Waals surface area contributed by atoms with Crippen molar-refractivity contribution in [2.75, 3.05) is 6.54 Å². The Morgan fingerprint density at radius 3 is 2.90 bits per heavy atom. The molecule has 6 heteroatoms. The lowest BCUT2D eigenvalue weighted by molar-refractivity contribution is 0.449. The predicted octanol–water partition coefficient (Wildman–Crippen LogP) is 4.43. The van der Waals surface area contributed by atoms with Gasteiger partial charge >= 0.3 is 0 Å². The third kappa shape index (κ3) is 3.60. The molecule has 106 valence electrons. The van der Waals surface area contributed by atoms with Crippen molar-refractivity contribution in [1.29, 1.82) is 0 Å². The van der Waals surface area contributed by atoms with E-state index in [1.807, 2.05) is 6.92 Å². The van der Waals surface area contributed by atoms with Gasteiger partial charge in [-0.1, -0.05) is 36.2 Å². The number of halogens is 3. The molecule has 2 aromatic rings. The van der Waals surface area contributed by atoms with Crippen LogP contribution >= 0.6 is 23.2 Å². The zero-order valence-electron chi connectivity index (χ0n) is 10.8. The van der Waals surface area contributed by atoms with Gasteiger partial charge in [0, 0.05) is 12.1 Å². The number of benzene rings is 1. The highest BCUT2D eigenvalue weighted by Gasteiger charge is 2.11. The van der Waals surface area contributed by atoms with Crippen molar-refractivity contribution in [2.24, 2.45) is 0 Å². The quantitative estimate of drug-likeness (QED) is 0.886. The molecule has 1 heterocycles. The lowest BCUT2D eigenvalue weighted by Crippen LogP contribution is -2.13. The summed E-state index contributed by atoms with van der Waals surface area (Å²) in [5.41, 5.74) is 0.614. The number of nitrogens with one attached hydrogen (secondary N) is 1. The second-order valence-electron chi connectivity index (χ2n) is 4.05. The monoisotopic (exact) mass is 314 g/mol. The molecule has 1 N–H and O–H groups in total. The van der Waals surface area contributed by atoms with Crippen LogP contribution in [0, 0.1) is 5.82 Å².